The van der Waals surface area contributed by atoms with Crippen molar-refractivity contribution in [3.05, 3.63) is 56.7 Å². The largest absolute Gasteiger partial charge is 0.316 e. The summed E-state index contributed by atoms with van der Waals surface area (Å²) in [6.45, 7) is 0.922. The third-order valence-corrected chi connectivity index (χ3v) is 3.64. The van der Waals surface area contributed by atoms with Crippen molar-refractivity contribution in [3.63, 3.8) is 0 Å². The van der Waals surface area contributed by atoms with E-state index in [2.05, 4.69) is 35.6 Å². The van der Waals surface area contributed by atoms with Gasteiger partial charge < -0.3 is 5.32 Å². The van der Waals surface area contributed by atoms with E-state index in [1.54, 1.807) is 11.3 Å². The number of hydrogen-bond donors (Lipinski definition) is 1. The first-order valence-electron chi connectivity index (χ1n) is 5.24. The molecule has 1 nitrogen and oxygen atoms in total. The van der Waals surface area contributed by atoms with E-state index < -0.39 is 0 Å². The van der Waals surface area contributed by atoms with Crippen LogP contribution in [0.15, 0.2) is 36.4 Å². The molecule has 0 fully saturated rings. The maximum absolute atomic E-state index is 5.90. The second-order valence-electron chi connectivity index (χ2n) is 3.73. The minimum atomic E-state index is 0.863. The SMILES string of the molecule is CNCc1ccc(Cc2ccc(Cl)s2)cc1. The van der Waals surface area contributed by atoms with Gasteiger partial charge in [0.25, 0.3) is 0 Å². The minimum Gasteiger partial charge on any atom is -0.316 e. The van der Waals surface area contributed by atoms with Gasteiger partial charge in [0.1, 0.15) is 0 Å². The Morgan fingerprint density at radius 1 is 1.06 bits per heavy atom. The van der Waals surface area contributed by atoms with Gasteiger partial charge in [-0.25, -0.2) is 0 Å². The zero-order valence-electron chi connectivity index (χ0n) is 9.16. The first-order chi connectivity index (χ1) is 7.78. The molecule has 2 aromatic rings. The van der Waals surface area contributed by atoms with Gasteiger partial charge in [-0.15, -0.1) is 11.3 Å². The molecule has 1 aromatic heterocycles. The summed E-state index contributed by atoms with van der Waals surface area (Å²) in [6.07, 6.45) is 0.969. The Balaban J connectivity index is 2.05. The molecule has 0 saturated carbocycles. The van der Waals surface area contributed by atoms with E-state index in [-0.39, 0.29) is 0 Å². The van der Waals surface area contributed by atoms with Crippen molar-refractivity contribution in [3.8, 4) is 0 Å². The molecule has 0 amide bonds. The van der Waals surface area contributed by atoms with Crippen LogP contribution in [0.4, 0.5) is 0 Å². The van der Waals surface area contributed by atoms with Crippen molar-refractivity contribution in [1.82, 2.24) is 5.32 Å². The van der Waals surface area contributed by atoms with E-state index in [4.69, 9.17) is 11.6 Å². The summed E-state index contributed by atoms with van der Waals surface area (Å²) in [5.41, 5.74) is 2.65. The highest BCUT2D eigenvalue weighted by Crippen LogP contribution is 2.23. The molecule has 0 bridgehead atoms. The molecule has 0 aliphatic carbocycles. The smallest absolute Gasteiger partial charge is 0.0931 e. The van der Waals surface area contributed by atoms with E-state index in [1.165, 1.54) is 16.0 Å². The molecule has 0 saturated heterocycles. The van der Waals surface area contributed by atoms with Crippen LogP contribution in [-0.2, 0) is 13.0 Å². The predicted molar refractivity (Wildman–Crippen MR) is 71.3 cm³/mol. The van der Waals surface area contributed by atoms with Crippen LogP contribution < -0.4 is 5.32 Å². The van der Waals surface area contributed by atoms with Crippen LogP contribution in [0.3, 0.4) is 0 Å². The van der Waals surface area contributed by atoms with Crippen LogP contribution in [-0.4, -0.2) is 7.05 Å². The summed E-state index contributed by atoms with van der Waals surface area (Å²) < 4.78 is 0.863. The van der Waals surface area contributed by atoms with E-state index in [1.807, 2.05) is 13.1 Å². The van der Waals surface area contributed by atoms with Crippen molar-refractivity contribution in [2.75, 3.05) is 7.05 Å². The van der Waals surface area contributed by atoms with Gasteiger partial charge >= 0.3 is 0 Å². The number of benzene rings is 1. The molecule has 1 aromatic carbocycles. The van der Waals surface area contributed by atoms with Crippen LogP contribution in [0.5, 0.6) is 0 Å². The monoisotopic (exact) mass is 251 g/mol. The molecule has 3 heteroatoms. The van der Waals surface area contributed by atoms with Crippen molar-refractivity contribution in [2.24, 2.45) is 0 Å². The number of thiophene rings is 1. The summed E-state index contributed by atoms with van der Waals surface area (Å²) in [7, 11) is 1.96. The first kappa shape index (κ1) is 11.6. The van der Waals surface area contributed by atoms with Gasteiger partial charge in [0.15, 0.2) is 0 Å². The molecule has 0 unspecified atom stereocenters. The van der Waals surface area contributed by atoms with Crippen molar-refractivity contribution in [1.29, 1.82) is 0 Å². The van der Waals surface area contributed by atoms with Crippen LogP contribution >= 0.6 is 22.9 Å². The molecular formula is C13H14ClNS. The summed E-state index contributed by atoms with van der Waals surface area (Å²) in [5.74, 6) is 0. The number of rotatable bonds is 4. The molecular weight excluding hydrogens is 238 g/mol. The Labute approximate surface area is 105 Å². The summed E-state index contributed by atoms with van der Waals surface area (Å²) >= 11 is 7.55. The normalized spacial score (nSPS) is 10.6. The fourth-order valence-corrected chi connectivity index (χ4v) is 2.75. The quantitative estimate of drug-likeness (QED) is 0.874. The highest BCUT2D eigenvalue weighted by molar-refractivity contribution is 7.16. The first-order valence-corrected chi connectivity index (χ1v) is 6.44. The van der Waals surface area contributed by atoms with E-state index in [0.717, 1.165) is 17.3 Å². The van der Waals surface area contributed by atoms with Crippen LogP contribution in [0.25, 0.3) is 0 Å². The van der Waals surface area contributed by atoms with Crippen molar-refractivity contribution in [2.45, 2.75) is 13.0 Å². The summed E-state index contributed by atoms with van der Waals surface area (Å²) in [5, 5.41) is 3.14. The van der Waals surface area contributed by atoms with Crippen LogP contribution in [0.2, 0.25) is 4.34 Å². The second kappa shape index (κ2) is 5.48. The van der Waals surface area contributed by atoms with Crippen LogP contribution in [0, 0.1) is 0 Å². The third kappa shape index (κ3) is 3.08. The Hall–Kier alpha value is -0.830. The van der Waals surface area contributed by atoms with Gasteiger partial charge in [-0.1, -0.05) is 35.9 Å². The Morgan fingerprint density at radius 3 is 2.31 bits per heavy atom. The average molecular weight is 252 g/mol. The van der Waals surface area contributed by atoms with Crippen LogP contribution in [0.1, 0.15) is 16.0 Å². The van der Waals surface area contributed by atoms with Gasteiger partial charge in [-0.05, 0) is 30.3 Å². The molecule has 0 spiro atoms. The molecule has 1 N–H and O–H groups in total. The predicted octanol–water partition coefficient (Wildman–Crippen LogP) is 3.71. The van der Waals surface area contributed by atoms with E-state index >= 15 is 0 Å². The lowest BCUT2D eigenvalue weighted by atomic mass is 10.1. The maximum Gasteiger partial charge on any atom is 0.0931 e. The number of hydrogen-bond acceptors (Lipinski definition) is 2. The summed E-state index contributed by atoms with van der Waals surface area (Å²) in [4.78, 5) is 1.31. The fourth-order valence-electron chi connectivity index (χ4n) is 1.63. The van der Waals surface area contributed by atoms with Gasteiger partial charge in [-0.2, -0.15) is 0 Å². The molecule has 2 rings (SSSR count). The topological polar surface area (TPSA) is 12.0 Å². The van der Waals surface area contributed by atoms with Gasteiger partial charge in [0.05, 0.1) is 4.34 Å². The molecule has 0 atom stereocenters. The van der Waals surface area contributed by atoms with Crippen molar-refractivity contribution < 1.29 is 0 Å². The lowest BCUT2D eigenvalue weighted by molar-refractivity contribution is 0.817. The highest BCUT2D eigenvalue weighted by Gasteiger charge is 2.00. The van der Waals surface area contributed by atoms with E-state index in [0.29, 0.717) is 0 Å². The van der Waals surface area contributed by atoms with Gasteiger partial charge in [-0.3, -0.25) is 0 Å². The number of halogens is 1. The standard InChI is InChI=1S/C13H14ClNS/c1-15-9-11-4-2-10(3-5-11)8-12-6-7-13(14)16-12/h2-7,15H,8-9H2,1H3. The molecule has 84 valence electrons. The maximum atomic E-state index is 5.90. The highest BCUT2D eigenvalue weighted by atomic mass is 35.5. The Kier molecular flexibility index (Phi) is 3.99. The zero-order valence-corrected chi connectivity index (χ0v) is 10.7. The lowest BCUT2D eigenvalue weighted by Crippen LogP contribution is -2.04. The fraction of sp³-hybridized carbons (Fsp3) is 0.231. The second-order valence-corrected chi connectivity index (χ2v) is 5.53. The average Bonchev–Trinajstić information content (AvgIpc) is 2.67. The van der Waals surface area contributed by atoms with E-state index in [9.17, 15) is 0 Å². The Bertz CT molecular complexity index is 447. The molecule has 0 radical (unpaired) electrons. The zero-order chi connectivity index (χ0) is 11.4. The van der Waals surface area contributed by atoms with Gasteiger partial charge in [0, 0.05) is 17.8 Å². The number of nitrogens with one attached hydrogen (secondary N) is 1. The molecule has 1 heterocycles. The summed E-state index contributed by atoms with van der Waals surface area (Å²) in [6, 6.07) is 12.7. The third-order valence-electron chi connectivity index (χ3n) is 2.41. The Morgan fingerprint density at radius 2 is 1.75 bits per heavy atom. The molecule has 0 aliphatic rings. The van der Waals surface area contributed by atoms with Gasteiger partial charge in [0.2, 0.25) is 0 Å². The van der Waals surface area contributed by atoms with Crippen molar-refractivity contribution >= 4 is 22.9 Å². The minimum absolute atomic E-state index is 0.863. The molecule has 16 heavy (non-hydrogen) atoms. The lowest BCUT2D eigenvalue weighted by Gasteiger charge is -2.02. The molecule has 0 aliphatic heterocycles.